The summed E-state index contributed by atoms with van der Waals surface area (Å²) in [4.78, 5) is 12.0. The largest absolute Gasteiger partial charge is 0.454 e. The van der Waals surface area contributed by atoms with Gasteiger partial charge in [-0.2, -0.15) is 4.31 Å². The molecule has 0 atom stereocenters. The van der Waals surface area contributed by atoms with E-state index in [2.05, 4.69) is 5.32 Å². The fraction of sp³-hybridized carbons (Fsp3) is 0.278. The van der Waals surface area contributed by atoms with Crippen LogP contribution >= 0.6 is 0 Å². The fourth-order valence-electron chi connectivity index (χ4n) is 2.84. The number of fused-ring (bicyclic) bond motifs is 1. The molecule has 0 saturated carbocycles. The van der Waals surface area contributed by atoms with E-state index in [1.165, 1.54) is 16.4 Å². The molecule has 0 aromatic heterocycles. The molecular weight excluding hydrogens is 372 g/mol. The van der Waals surface area contributed by atoms with E-state index in [0.29, 0.717) is 11.5 Å². The Hall–Kier alpha value is -2.78. The van der Waals surface area contributed by atoms with Crippen molar-refractivity contribution in [2.75, 3.05) is 19.9 Å². The smallest absolute Gasteiger partial charge is 0.407 e. The molecule has 1 amide bonds. The third kappa shape index (κ3) is 3.69. The molecule has 8 nitrogen and oxygen atoms in total. The van der Waals surface area contributed by atoms with E-state index in [1.807, 2.05) is 30.3 Å². The van der Waals surface area contributed by atoms with E-state index in [1.54, 1.807) is 6.07 Å². The number of benzene rings is 2. The van der Waals surface area contributed by atoms with Crippen LogP contribution in [0.15, 0.2) is 53.4 Å². The zero-order chi connectivity index (χ0) is 18.9. The lowest BCUT2D eigenvalue weighted by Gasteiger charge is -2.37. The van der Waals surface area contributed by atoms with Gasteiger partial charge in [0.1, 0.15) is 6.61 Å². The van der Waals surface area contributed by atoms with Crippen LogP contribution in [-0.2, 0) is 21.4 Å². The third-order valence-electron chi connectivity index (χ3n) is 4.36. The average molecular weight is 390 g/mol. The third-order valence-corrected chi connectivity index (χ3v) is 6.19. The van der Waals surface area contributed by atoms with Crippen LogP contribution in [0.5, 0.6) is 11.5 Å². The summed E-state index contributed by atoms with van der Waals surface area (Å²) in [5, 5.41) is 2.67. The monoisotopic (exact) mass is 390 g/mol. The lowest BCUT2D eigenvalue weighted by atomic mass is 10.2. The molecule has 1 saturated heterocycles. The first-order chi connectivity index (χ1) is 13.0. The molecule has 0 unspecified atom stereocenters. The van der Waals surface area contributed by atoms with Crippen molar-refractivity contribution < 1.29 is 27.4 Å². The van der Waals surface area contributed by atoms with Crippen molar-refractivity contribution in [3.63, 3.8) is 0 Å². The van der Waals surface area contributed by atoms with Crippen molar-refractivity contribution in [2.45, 2.75) is 17.5 Å². The number of ether oxygens (including phenoxy) is 3. The van der Waals surface area contributed by atoms with Gasteiger partial charge in [-0.3, -0.25) is 0 Å². The van der Waals surface area contributed by atoms with Crippen LogP contribution in [0.4, 0.5) is 4.79 Å². The van der Waals surface area contributed by atoms with Gasteiger partial charge in [0.15, 0.2) is 11.5 Å². The quantitative estimate of drug-likeness (QED) is 0.835. The Morgan fingerprint density at radius 1 is 1.11 bits per heavy atom. The number of nitrogens with zero attached hydrogens (tertiary/aromatic N) is 1. The van der Waals surface area contributed by atoms with Gasteiger partial charge >= 0.3 is 6.09 Å². The van der Waals surface area contributed by atoms with Crippen molar-refractivity contribution in [1.29, 1.82) is 0 Å². The van der Waals surface area contributed by atoms with Crippen molar-refractivity contribution in [2.24, 2.45) is 0 Å². The summed E-state index contributed by atoms with van der Waals surface area (Å²) < 4.78 is 42.1. The van der Waals surface area contributed by atoms with Crippen LogP contribution in [0.1, 0.15) is 5.56 Å². The van der Waals surface area contributed by atoms with Crippen LogP contribution in [0.25, 0.3) is 0 Å². The Morgan fingerprint density at radius 2 is 1.85 bits per heavy atom. The minimum Gasteiger partial charge on any atom is -0.454 e. The van der Waals surface area contributed by atoms with E-state index in [0.717, 1.165) is 5.56 Å². The summed E-state index contributed by atoms with van der Waals surface area (Å²) in [6.45, 7) is 0.632. The number of alkyl carbamates (subject to hydrolysis) is 1. The highest BCUT2D eigenvalue weighted by Gasteiger charge is 2.38. The molecule has 2 heterocycles. The normalized spacial score (nSPS) is 16.6. The van der Waals surface area contributed by atoms with Gasteiger partial charge in [0, 0.05) is 19.2 Å². The van der Waals surface area contributed by atoms with Gasteiger partial charge in [-0.25, -0.2) is 13.2 Å². The molecule has 2 aromatic rings. The predicted molar refractivity (Wildman–Crippen MR) is 94.9 cm³/mol. The minimum atomic E-state index is -3.64. The van der Waals surface area contributed by atoms with Gasteiger partial charge in [0.2, 0.25) is 16.8 Å². The number of carbonyl (C=O) groups is 1. The van der Waals surface area contributed by atoms with E-state index in [9.17, 15) is 13.2 Å². The maximum atomic E-state index is 12.6. The SMILES string of the molecule is O=C(NC1CN(S(=O)(=O)c2ccc3c(c2)OCO3)C1)OCc1ccccc1. The van der Waals surface area contributed by atoms with E-state index in [4.69, 9.17) is 14.2 Å². The first-order valence-electron chi connectivity index (χ1n) is 8.39. The van der Waals surface area contributed by atoms with Gasteiger partial charge in [-0.1, -0.05) is 30.3 Å². The van der Waals surface area contributed by atoms with Crippen LogP contribution in [-0.4, -0.2) is 44.7 Å². The maximum absolute atomic E-state index is 12.6. The fourth-order valence-corrected chi connectivity index (χ4v) is 4.39. The summed E-state index contributed by atoms with van der Waals surface area (Å²) in [6, 6.07) is 13.6. The molecule has 2 aromatic carbocycles. The molecule has 0 aliphatic carbocycles. The second-order valence-electron chi connectivity index (χ2n) is 6.24. The predicted octanol–water partition coefficient (Wildman–Crippen LogP) is 1.71. The number of hydrogen-bond acceptors (Lipinski definition) is 6. The summed E-state index contributed by atoms with van der Waals surface area (Å²) in [5.41, 5.74) is 0.883. The lowest BCUT2D eigenvalue weighted by Crippen LogP contribution is -2.60. The number of hydrogen-bond donors (Lipinski definition) is 1. The number of carbonyl (C=O) groups excluding carboxylic acids is 1. The van der Waals surface area contributed by atoms with E-state index >= 15 is 0 Å². The second-order valence-corrected chi connectivity index (χ2v) is 8.18. The molecule has 142 valence electrons. The van der Waals surface area contributed by atoms with Crippen molar-refractivity contribution >= 4 is 16.1 Å². The number of sulfonamides is 1. The Bertz CT molecular complexity index is 942. The van der Waals surface area contributed by atoms with Gasteiger partial charge in [0.05, 0.1) is 10.9 Å². The summed E-state index contributed by atoms with van der Waals surface area (Å²) in [5.74, 6) is 0.939. The summed E-state index contributed by atoms with van der Waals surface area (Å²) in [7, 11) is -3.64. The standard InChI is InChI=1S/C18H18N2O6S/c21-18(24-11-13-4-2-1-3-5-13)19-14-9-20(10-14)27(22,23)15-6-7-16-17(8-15)26-12-25-16/h1-8,14H,9-12H2,(H,19,21). The lowest BCUT2D eigenvalue weighted by molar-refractivity contribution is 0.123. The van der Waals surface area contributed by atoms with E-state index < -0.39 is 16.1 Å². The Balaban J connectivity index is 1.29. The highest BCUT2D eigenvalue weighted by molar-refractivity contribution is 7.89. The molecule has 9 heteroatoms. The topological polar surface area (TPSA) is 94.2 Å². The minimum absolute atomic E-state index is 0.0830. The van der Waals surface area contributed by atoms with Crippen LogP contribution in [0.3, 0.4) is 0 Å². The first-order valence-corrected chi connectivity index (χ1v) is 9.83. The molecule has 0 radical (unpaired) electrons. The highest BCUT2D eigenvalue weighted by atomic mass is 32.2. The molecule has 4 rings (SSSR count). The second kappa shape index (κ2) is 7.09. The molecule has 0 spiro atoms. The zero-order valence-electron chi connectivity index (χ0n) is 14.3. The molecule has 2 aliphatic heterocycles. The Morgan fingerprint density at radius 3 is 2.63 bits per heavy atom. The van der Waals surface area contributed by atoms with Gasteiger partial charge in [-0.15, -0.1) is 0 Å². The number of amides is 1. The highest BCUT2D eigenvalue weighted by Crippen LogP contribution is 2.35. The van der Waals surface area contributed by atoms with Crippen molar-refractivity contribution in [3.05, 3.63) is 54.1 Å². The van der Waals surface area contributed by atoms with Crippen molar-refractivity contribution in [1.82, 2.24) is 9.62 Å². The van der Waals surface area contributed by atoms with Crippen molar-refractivity contribution in [3.8, 4) is 11.5 Å². The molecule has 0 bridgehead atoms. The zero-order valence-corrected chi connectivity index (χ0v) is 15.1. The Labute approximate surface area is 156 Å². The molecule has 1 fully saturated rings. The van der Waals surface area contributed by atoms with Gasteiger partial charge in [0.25, 0.3) is 0 Å². The number of rotatable bonds is 5. The average Bonchev–Trinajstić information content (AvgIpc) is 3.11. The van der Waals surface area contributed by atoms with Crippen LogP contribution in [0, 0.1) is 0 Å². The van der Waals surface area contributed by atoms with Gasteiger partial charge in [-0.05, 0) is 17.7 Å². The maximum Gasteiger partial charge on any atom is 0.407 e. The van der Waals surface area contributed by atoms with E-state index in [-0.39, 0.29) is 37.4 Å². The first kappa shape index (κ1) is 17.6. The van der Waals surface area contributed by atoms with Gasteiger partial charge < -0.3 is 19.5 Å². The summed E-state index contributed by atoms with van der Waals surface area (Å²) >= 11 is 0. The van der Waals surface area contributed by atoms with Crippen LogP contribution in [0.2, 0.25) is 0 Å². The summed E-state index contributed by atoms with van der Waals surface area (Å²) in [6.07, 6.45) is -0.566. The molecule has 1 N–H and O–H groups in total. The Kier molecular flexibility index (Phi) is 4.63. The number of nitrogens with one attached hydrogen (secondary N) is 1. The molecular formula is C18H18N2O6S. The molecule has 27 heavy (non-hydrogen) atoms. The molecule has 2 aliphatic rings. The van der Waals surface area contributed by atoms with Crippen LogP contribution < -0.4 is 14.8 Å².